The van der Waals surface area contributed by atoms with Gasteiger partial charge in [-0.1, -0.05) is 32.9 Å². The lowest BCUT2D eigenvalue weighted by Gasteiger charge is -2.31. The van der Waals surface area contributed by atoms with Gasteiger partial charge in [0.05, 0.1) is 13.2 Å². The Bertz CT molecular complexity index is 485. The van der Waals surface area contributed by atoms with Crippen molar-refractivity contribution in [1.29, 1.82) is 0 Å². The Morgan fingerprint density at radius 1 is 1.20 bits per heavy atom. The first-order chi connectivity index (χ1) is 11.1. The summed E-state index contributed by atoms with van der Waals surface area (Å²) in [5.74, 6) is 0.886. The Labute approximate surface area is 164 Å². The van der Waals surface area contributed by atoms with Crippen LogP contribution in [0.25, 0.3) is 0 Å². The van der Waals surface area contributed by atoms with E-state index in [1.54, 1.807) is 7.11 Å². The second-order valence-electron chi connectivity index (χ2n) is 5.72. The first-order valence-electron chi connectivity index (χ1n) is 8.37. The molecule has 2 N–H and O–H groups in total. The summed E-state index contributed by atoms with van der Waals surface area (Å²) in [6.07, 6.45) is 0. The predicted octanol–water partition coefficient (Wildman–Crippen LogP) is 2.89. The van der Waals surface area contributed by atoms with Crippen molar-refractivity contribution in [2.75, 3.05) is 40.3 Å². The van der Waals surface area contributed by atoms with Gasteiger partial charge < -0.3 is 15.4 Å². The monoisotopic (exact) mass is 393 g/mol. The molecule has 0 bridgehead atoms. The van der Waals surface area contributed by atoms with Gasteiger partial charge in [0, 0.05) is 19.0 Å². The summed E-state index contributed by atoms with van der Waals surface area (Å²) in [5.41, 5.74) is 1.16. The zero-order chi connectivity index (χ0) is 17.2. The van der Waals surface area contributed by atoms with Gasteiger partial charge in [0.25, 0.3) is 0 Å². The van der Waals surface area contributed by atoms with E-state index in [9.17, 15) is 4.79 Å². The summed E-state index contributed by atoms with van der Waals surface area (Å²) in [6.45, 7) is 9.36. The Balaban J connectivity index is 0. The number of methoxy groups -OCH3 is 1. The summed E-state index contributed by atoms with van der Waals surface area (Å²) in [4.78, 5) is 14.5. The summed E-state index contributed by atoms with van der Waals surface area (Å²) >= 11 is 0. The molecule has 7 heteroatoms. The van der Waals surface area contributed by atoms with Gasteiger partial charge in [0.1, 0.15) is 5.75 Å². The lowest BCUT2D eigenvalue weighted by atomic mass is 10.0. The standard InChI is InChI=1S/C18H31N3O2.2ClH/c1-6-21(7-2)17(13-20-18(22)14(3)12-19-4)15-9-8-10-16(11-15)23-5;;/h8-11,14,17,19H,6-7,12-13H2,1-5H3,(H,20,22);2*1H. The lowest BCUT2D eigenvalue weighted by Crippen LogP contribution is -2.41. The quantitative estimate of drug-likeness (QED) is 0.641. The Morgan fingerprint density at radius 2 is 1.84 bits per heavy atom. The first kappa shape index (κ1) is 26.2. The van der Waals surface area contributed by atoms with Crippen LogP contribution in [0.2, 0.25) is 0 Å². The van der Waals surface area contributed by atoms with Crippen molar-refractivity contribution in [1.82, 2.24) is 15.5 Å². The minimum Gasteiger partial charge on any atom is -0.497 e. The van der Waals surface area contributed by atoms with Crippen LogP contribution < -0.4 is 15.4 Å². The zero-order valence-electron chi connectivity index (χ0n) is 15.9. The number of ether oxygens (including phenoxy) is 1. The van der Waals surface area contributed by atoms with E-state index in [4.69, 9.17) is 4.74 Å². The van der Waals surface area contributed by atoms with E-state index in [2.05, 4.69) is 35.4 Å². The van der Waals surface area contributed by atoms with E-state index >= 15 is 0 Å². The number of hydrogen-bond donors (Lipinski definition) is 2. The molecule has 2 atom stereocenters. The fourth-order valence-corrected chi connectivity index (χ4v) is 2.74. The fraction of sp³-hybridized carbons (Fsp3) is 0.611. The molecule has 146 valence electrons. The minimum atomic E-state index is -0.0392. The number of benzene rings is 1. The highest BCUT2D eigenvalue weighted by molar-refractivity contribution is 5.85. The summed E-state index contributed by atoms with van der Waals surface area (Å²) in [7, 11) is 3.53. The molecule has 0 saturated heterocycles. The number of rotatable bonds is 10. The molecular formula is C18H33Cl2N3O2. The van der Waals surface area contributed by atoms with Crippen molar-refractivity contribution < 1.29 is 9.53 Å². The summed E-state index contributed by atoms with van der Waals surface area (Å²) < 4.78 is 5.33. The third-order valence-corrected chi connectivity index (χ3v) is 4.16. The molecule has 0 aromatic heterocycles. The molecule has 2 unspecified atom stereocenters. The Hall–Kier alpha value is -1.01. The normalized spacial score (nSPS) is 12.6. The lowest BCUT2D eigenvalue weighted by molar-refractivity contribution is -0.124. The highest BCUT2D eigenvalue weighted by atomic mass is 35.5. The zero-order valence-corrected chi connectivity index (χ0v) is 17.5. The molecule has 0 aliphatic heterocycles. The number of nitrogens with zero attached hydrogens (tertiary/aromatic N) is 1. The smallest absolute Gasteiger partial charge is 0.224 e. The van der Waals surface area contributed by atoms with Gasteiger partial charge in [0.2, 0.25) is 5.91 Å². The van der Waals surface area contributed by atoms with Crippen molar-refractivity contribution in [2.24, 2.45) is 5.92 Å². The summed E-state index contributed by atoms with van der Waals surface area (Å²) in [5, 5.41) is 6.13. The van der Waals surface area contributed by atoms with E-state index in [0.717, 1.165) is 24.4 Å². The van der Waals surface area contributed by atoms with E-state index in [1.165, 1.54) is 0 Å². The van der Waals surface area contributed by atoms with Gasteiger partial charge in [-0.25, -0.2) is 0 Å². The number of hydrogen-bond acceptors (Lipinski definition) is 4. The number of carbonyl (C=O) groups excluding carboxylic acids is 1. The Morgan fingerprint density at radius 3 is 2.36 bits per heavy atom. The van der Waals surface area contributed by atoms with Crippen LogP contribution in [0, 0.1) is 5.92 Å². The van der Waals surface area contributed by atoms with E-state index in [-0.39, 0.29) is 42.7 Å². The van der Waals surface area contributed by atoms with Crippen LogP contribution in [0.3, 0.4) is 0 Å². The summed E-state index contributed by atoms with van der Waals surface area (Å²) in [6, 6.07) is 8.22. The maximum Gasteiger partial charge on any atom is 0.224 e. The van der Waals surface area contributed by atoms with Gasteiger partial charge in [-0.15, -0.1) is 24.8 Å². The number of likely N-dealkylation sites (N-methyl/N-ethyl adjacent to an activating group) is 1. The van der Waals surface area contributed by atoms with Crippen molar-refractivity contribution in [3.63, 3.8) is 0 Å². The van der Waals surface area contributed by atoms with Crippen molar-refractivity contribution in [3.8, 4) is 5.75 Å². The van der Waals surface area contributed by atoms with E-state index in [0.29, 0.717) is 13.1 Å². The molecule has 0 radical (unpaired) electrons. The van der Waals surface area contributed by atoms with Gasteiger partial charge in [0.15, 0.2) is 0 Å². The van der Waals surface area contributed by atoms with Gasteiger partial charge >= 0.3 is 0 Å². The molecular weight excluding hydrogens is 361 g/mol. The second-order valence-corrected chi connectivity index (χ2v) is 5.72. The average molecular weight is 394 g/mol. The van der Waals surface area contributed by atoms with E-state index < -0.39 is 0 Å². The molecule has 0 aliphatic rings. The molecule has 0 saturated carbocycles. The SMILES string of the molecule is CCN(CC)C(CNC(=O)C(C)CNC)c1cccc(OC)c1.Cl.Cl. The molecule has 0 spiro atoms. The van der Waals surface area contributed by atoms with Gasteiger partial charge in [-0.2, -0.15) is 0 Å². The van der Waals surface area contributed by atoms with Crippen LogP contribution in [0.4, 0.5) is 0 Å². The molecule has 1 aromatic rings. The van der Waals surface area contributed by atoms with Crippen LogP contribution in [0.1, 0.15) is 32.4 Å². The molecule has 1 aromatic carbocycles. The largest absolute Gasteiger partial charge is 0.497 e. The van der Waals surface area contributed by atoms with Gasteiger partial charge in [-0.05, 0) is 37.8 Å². The maximum atomic E-state index is 12.2. The number of carbonyl (C=O) groups is 1. The third-order valence-electron chi connectivity index (χ3n) is 4.16. The molecule has 1 amide bonds. The van der Waals surface area contributed by atoms with Crippen LogP contribution in [-0.4, -0.2) is 51.1 Å². The Kier molecular flexibility index (Phi) is 14.9. The number of nitrogens with one attached hydrogen (secondary N) is 2. The average Bonchev–Trinajstić information content (AvgIpc) is 2.58. The van der Waals surface area contributed by atoms with Crippen LogP contribution in [0.15, 0.2) is 24.3 Å². The molecule has 25 heavy (non-hydrogen) atoms. The van der Waals surface area contributed by atoms with Crippen molar-refractivity contribution >= 4 is 30.7 Å². The molecule has 0 fully saturated rings. The molecule has 0 aliphatic carbocycles. The maximum absolute atomic E-state index is 12.2. The highest BCUT2D eigenvalue weighted by Gasteiger charge is 2.20. The first-order valence-corrected chi connectivity index (χ1v) is 8.37. The topological polar surface area (TPSA) is 53.6 Å². The van der Waals surface area contributed by atoms with E-state index in [1.807, 2.05) is 32.2 Å². The second kappa shape index (κ2) is 14.2. The van der Waals surface area contributed by atoms with Gasteiger partial charge in [-0.3, -0.25) is 9.69 Å². The van der Waals surface area contributed by atoms with Crippen LogP contribution >= 0.6 is 24.8 Å². The minimum absolute atomic E-state index is 0. The molecule has 0 heterocycles. The molecule has 1 rings (SSSR count). The highest BCUT2D eigenvalue weighted by Crippen LogP contribution is 2.23. The third kappa shape index (κ3) is 8.27. The van der Waals surface area contributed by atoms with Crippen molar-refractivity contribution in [3.05, 3.63) is 29.8 Å². The van der Waals surface area contributed by atoms with Crippen molar-refractivity contribution in [2.45, 2.75) is 26.8 Å². The molecule has 5 nitrogen and oxygen atoms in total. The van der Waals surface area contributed by atoms with Crippen LogP contribution in [0.5, 0.6) is 5.75 Å². The fourth-order valence-electron chi connectivity index (χ4n) is 2.74. The predicted molar refractivity (Wildman–Crippen MR) is 109 cm³/mol. The van der Waals surface area contributed by atoms with Crippen LogP contribution in [-0.2, 0) is 4.79 Å². The number of halogens is 2. The number of amides is 1.